The molecule has 0 saturated carbocycles. The van der Waals surface area contributed by atoms with Crippen LogP contribution in [0.15, 0.2) is 24.3 Å². The minimum atomic E-state index is -0.443. The molecule has 0 unspecified atom stereocenters. The van der Waals surface area contributed by atoms with E-state index in [0.29, 0.717) is 11.6 Å². The summed E-state index contributed by atoms with van der Waals surface area (Å²) in [5, 5.41) is 3.43. The lowest BCUT2D eigenvalue weighted by molar-refractivity contribution is -0.124. The lowest BCUT2D eigenvalue weighted by atomic mass is 10.2. The summed E-state index contributed by atoms with van der Waals surface area (Å²) in [6.45, 7) is 4.44. The van der Waals surface area contributed by atoms with Crippen LogP contribution in [0.4, 0.5) is 0 Å². The van der Waals surface area contributed by atoms with E-state index < -0.39 is 5.91 Å². The summed E-state index contributed by atoms with van der Waals surface area (Å²) in [6, 6.07) is 7.36. The average molecular weight is 298 g/mol. The van der Waals surface area contributed by atoms with Gasteiger partial charge in [-0.05, 0) is 31.5 Å². The average Bonchev–Trinajstić information content (AvgIpc) is 2.35. The first kappa shape index (κ1) is 16.5. The van der Waals surface area contributed by atoms with Crippen LogP contribution in [0.5, 0.6) is 0 Å². The Hall–Kier alpha value is -1.59. The molecule has 3 N–H and O–H groups in total. The third-order valence-corrected chi connectivity index (χ3v) is 3.05. The number of hydrogen-bond donors (Lipinski definition) is 2. The van der Waals surface area contributed by atoms with E-state index in [1.165, 1.54) is 0 Å². The molecule has 0 aromatic heterocycles. The molecule has 0 bridgehead atoms. The largest absolute Gasteiger partial charge is 0.369 e. The predicted molar refractivity (Wildman–Crippen MR) is 79.2 cm³/mol. The van der Waals surface area contributed by atoms with Crippen LogP contribution in [0.1, 0.15) is 19.4 Å². The van der Waals surface area contributed by atoms with E-state index in [9.17, 15) is 9.59 Å². The third-order valence-electron chi connectivity index (χ3n) is 2.81. The Morgan fingerprint density at radius 1 is 1.35 bits per heavy atom. The Morgan fingerprint density at radius 3 is 2.60 bits per heavy atom. The van der Waals surface area contributed by atoms with Gasteiger partial charge >= 0.3 is 0 Å². The van der Waals surface area contributed by atoms with E-state index in [1.54, 1.807) is 17.0 Å². The molecule has 1 rings (SSSR count). The Kier molecular flexibility index (Phi) is 6.48. The van der Waals surface area contributed by atoms with Gasteiger partial charge in [-0.2, -0.15) is 0 Å². The van der Waals surface area contributed by atoms with E-state index in [2.05, 4.69) is 5.32 Å². The molecule has 6 heteroatoms. The molecular weight excluding hydrogens is 278 g/mol. The van der Waals surface area contributed by atoms with E-state index in [-0.39, 0.29) is 25.0 Å². The van der Waals surface area contributed by atoms with Crippen LogP contribution in [0.25, 0.3) is 0 Å². The van der Waals surface area contributed by atoms with Gasteiger partial charge in [-0.1, -0.05) is 23.7 Å². The molecule has 5 nitrogen and oxygen atoms in total. The molecule has 1 aromatic carbocycles. The first-order chi connectivity index (χ1) is 9.38. The van der Waals surface area contributed by atoms with Crippen LogP contribution < -0.4 is 11.1 Å². The molecule has 0 aliphatic carbocycles. The summed E-state index contributed by atoms with van der Waals surface area (Å²) in [5.74, 6) is -0.596. The standard InChI is InChI=1S/C14H20ClN3O2/c1-10(2)18(8-13(16)19)9-14(20)17-7-11-4-3-5-12(15)6-11/h3-6,10H,7-9H2,1-2H3,(H2,16,19)(H,17,20). The summed E-state index contributed by atoms with van der Waals surface area (Å²) >= 11 is 5.87. The Bertz CT molecular complexity index is 477. The molecule has 0 heterocycles. The van der Waals surface area contributed by atoms with Gasteiger partial charge in [0.05, 0.1) is 13.1 Å². The second kappa shape index (κ2) is 7.87. The van der Waals surface area contributed by atoms with Crippen molar-refractivity contribution in [2.75, 3.05) is 13.1 Å². The van der Waals surface area contributed by atoms with E-state index in [1.807, 2.05) is 26.0 Å². The molecule has 0 saturated heterocycles. The highest BCUT2D eigenvalue weighted by Gasteiger charge is 2.15. The summed E-state index contributed by atoms with van der Waals surface area (Å²) in [6.07, 6.45) is 0. The summed E-state index contributed by atoms with van der Waals surface area (Å²) < 4.78 is 0. The number of hydrogen-bond acceptors (Lipinski definition) is 3. The van der Waals surface area contributed by atoms with E-state index >= 15 is 0 Å². The van der Waals surface area contributed by atoms with Gasteiger partial charge in [-0.3, -0.25) is 14.5 Å². The number of nitrogens with two attached hydrogens (primary N) is 1. The number of carbonyl (C=O) groups is 2. The Morgan fingerprint density at radius 2 is 2.05 bits per heavy atom. The van der Waals surface area contributed by atoms with Crippen molar-refractivity contribution in [1.82, 2.24) is 10.2 Å². The van der Waals surface area contributed by atoms with Crippen molar-refractivity contribution < 1.29 is 9.59 Å². The van der Waals surface area contributed by atoms with Crippen LogP contribution in [0, 0.1) is 0 Å². The van der Waals surface area contributed by atoms with Gasteiger partial charge in [0.25, 0.3) is 0 Å². The number of amides is 2. The third kappa shape index (κ3) is 6.04. The summed E-state index contributed by atoms with van der Waals surface area (Å²) in [4.78, 5) is 24.5. The van der Waals surface area contributed by atoms with Crippen molar-refractivity contribution in [2.45, 2.75) is 26.4 Å². The van der Waals surface area contributed by atoms with Crippen molar-refractivity contribution in [1.29, 1.82) is 0 Å². The zero-order valence-electron chi connectivity index (χ0n) is 11.7. The van der Waals surface area contributed by atoms with Gasteiger partial charge in [0.15, 0.2) is 0 Å². The fraction of sp³-hybridized carbons (Fsp3) is 0.429. The molecule has 0 radical (unpaired) electrons. The minimum absolute atomic E-state index is 0.0689. The Balaban J connectivity index is 2.47. The van der Waals surface area contributed by atoms with Crippen LogP contribution in [0.2, 0.25) is 5.02 Å². The van der Waals surface area contributed by atoms with Crippen LogP contribution in [0.3, 0.4) is 0 Å². The number of halogens is 1. The zero-order chi connectivity index (χ0) is 15.1. The zero-order valence-corrected chi connectivity index (χ0v) is 12.5. The molecule has 0 aliphatic heterocycles. The van der Waals surface area contributed by atoms with Gasteiger partial charge in [0, 0.05) is 17.6 Å². The highest BCUT2D eigenvalue weighted by atomic mass is 35.5. The molecule has 110 valence electrons. The molecule has 1 aromatic rings. The number of primary amides is 1. The van der Waals surface area contributed by atoms with Crippen molar-refractivity contribution >= 4 is 23.4 Å². The smallest absolute Gasteiger partial charge is 0.234 e. The van der Waals surface area contributed by atoms with Crippen LogP contribution >= 0.6 is 11.6 Å². The number of nitrogens with one attached hydrogen (secondary N) is 1. The van der Waals surface area contributed by atoms with Crippen molar-refractivity contribution in [3.8, 4) is 0 Å². The summed E-state index contributed by atoms with van der Waals surface area (Å²) in [7, 11) is 0. The SMILES string of the molecule is CC(C)N(CC(N)=O)CC(=O)NCc1cccc(Cl)c1. The van der Waals surface area contributed by atoms with Gasteiger partial charge < -0.3 is 11.1 Å². The molecule has 0 atom stereocenters. The van der Waals surface area contributed by atoms with Gasteiger partial charge in [-0.25, -0.2) is 0 Å². The number of benzene rings is 1. The quantitative estimate of drug-likeness (QED) is 0.793. The first-order valence-corrected chi connectivity index (χ1v) is 6.79. The van der Waals surface area contributed by atoms with Gasteiger partial charge in [0.1, 0.15) is 0 Å². The van der Waals surface area contributed by atoms with Gasteiger partial charge in [0.2, 0.25) is 11.8 Å². The summed E-state index contributed by atoms with van der Waals surface area (Å²) in [5.41, 5.74) is 6.09. The van der Waals surface area contributed by atoms with Crippen molar-refractivity contribution in [2.24, 2.45) is 5.73 Å². The normalized spacial score (nSPS) is 10.8. The highest BCUT2D eigenvalue weighted by molar-refractivity contribution is 6.30. The maximum Gasteiger partial charge on any atom is 0.234 e. The highest BCUT2D eigenvalue weighted by Crippen LogP contribution is 2.10. The topological polar surface area (TPSA) is 75.4 Å². The van der Waals surface area contributed by atoms with Crippen molar-refractivity contribution in [3.05, 3.63) is 34.9 Å². The molecule has 0 spiro atoms. The second-order valence-electron chi connectivity index (χ2n) is 4.87. The van der Waals surface area contributed by atoms with Crippen LogP contribution in [-0.2, 0) is 16.1 Å². The second-order valence-corrected chi connectivity index (χ2v) is 5.31. The fourth-order valence-corrected chi connectivity index (χ4v) is 1.92. The van der Waals surface area contributed by atoms with Gasteiger partial charge in [-0.15, -0.1) is 0 Å². The maximum atomic E-state index is 11.9. The predicted octanol–water partition coefficient (Wildman–Crippen LogP) is 1.15. The number of nitrogens with zero attached hydrogens (tertiary/aromatic N) is 1. The molecule has 0 fully saturated rings. The number of carbonyl (C=O) groups excluding carboxylic acids is 2. The fourth-order valence-electron chi connectivity index (χ4n) is 1.71. The first-order valence-electron chi connectivity index (χ1n) is 6.42. The minimum Gasteiger partial charge on any atom is -0.369 e. The monoisotopic (exact) mass is 297 g/mol. The Labute approximate surface area is 124 Å². The van der Waals surface area contributed by atoms with Crippen molar-refractivity contribution in [3.63, 3.8) is 0 Å². The molecule has 0 aliphatic rings. The molecule has 20 heavy (non-hydrogen) atoms. The van der Waals surface area contributed by atoms with E-state index in [0.717, 1.165) is 5.56 Å². The molecular formula is C14H20ClN3O2. The molecule has 2 amide bonds. The lowest BCUT2D eigenvalue weighted by Gasteiger charge is -2.24. The lowest BCUT2D eigenvalue weighted by Crippen LogP contribution is -2.44. The van der Waals surface area contributed by atoms with E-state index in [4.69, 9.17) is 17.3 Å². The van der Waals surface area contributed by atoms with Crippen LogP contribution in [-0.4, -0.2) is 35.8 Å². The maximum absolute atomic E-state index is 11.9. The number of rotatable bonds is 7.